The first-order chi connectivity index (χ1) is 17.2. The Morgan fingerprint density at radius 3 is 1.92 bits per heavy atom. The third-order valence-electron chi connectivity index (χ3n) is 6.77. The molecule has 2 fully saturated rings. The van der Waals surface area contributed by atoms with Crippen LogP contribution in [0.15, 0.2) is 0 Å². The number of ether oxygens (including phenoxy) is 4. The molecule has 0 aromatic carbocycles. The second-order valence-electron chi connectivity index (χ2n) is 9.64. The number of carbonyl (C=O) groups is 1. The number of esters is 1. The molecule has 12 nitrogen and oxygen atoms in total. The molecule has 212 valence electrons. The van der Waals surface area contributed by atoms with Crippen LogP contribution >= 0.6 is 0 Å². The van der Waals surface area contributed by atoms with Gasteiger partial charge in [-0.3, -0.25) is 4.79 Å². The Balaban J connectivity index is 1.91. The summed E-state index contributed by atoms with van der Waals surface area (Å²) in [6, 6.07) is 0. The van der Waals surface area contributed by atoms with Crippen molar-refractivity contribution < 1.29 is 59.5 Å². The zero-order valence-electron chi connectivity index (χ0n) is 21.0. The summed E-state index contributed by atoms with van der Waals surface area (Å²) in [5.41, 5.74) is 0. The van der Waals surface area contributed by atoms with Crippen molar-refractivity contribution >= 4 is 5.97 Å². The van der Waals surface area contributed by atoms with Crippen LogP contribution in [0.25, 0.3) is 0 Å². The van der Waals surface area contributed by atoms with Gasteiger partial charge in [0.2, 0.25) is 5.79 Å². The predicted octanol–water partition coefficient (Wildman–Crippen LogP) is -0.924. The van der Waals surface area contributed by atoms with Crippen molar-refractivity contribution in [3.8, 4) is 0 Å². The van der Waals surface area contributed by atoms with Gasteiger partial charge < -0.3 is 54.7 Å². The molecule has 12 heteroatoms. The molecule has 2 saturated heterocycles. The molecule has 0 aliphatic carbocycles. The van der Waals surface area contributed by atoms with E-state index in [-0.39, 0.29) is 6.42 Å². The Bertz CT molecular complexity index is 634. The van der Waals surface area contributed by atoms with Crippen molar-refractivity contribution in [1.82, 2.24) is 0 Å². The highest BCUT2D eigenvalue weighted by atomic mass is 16.8. The van der Waals surface area contributed by atoms with Crippen molar-refractivity contribution in [3.63, 3.8) is 0 Å². The van der Waals surface area contributed by atoms with E-state index in [1.165, 1.54) is 32.1 Å². The number of aliphatic hydroxyl groups is 7. The second kappa shape index (κ2) is 15.5. The molecule has 2 aliphatic rings. The molecule has 0 unspecified atom stereocenters. The number of unbranched alkanes of at least 4 members (excludes halogenated alkanes) is 8. The number of carbonyl (C=O) groups excluding carboxylic acids is 1. The van der Waals surface area contributed by atoms with Crippen molar-refractivity contribution in [2.24, 2.45) is 0 Å². The summed E-state index contributed by atoms with van der Waals surface area (Å²) in [4.78, 5) is 12.3. The molecule has 0 aromatic heterocycles. The monoisotopic (exact) mass is 524 g/mol. The lowest BCUT2D eigenvalue weighted by Crippen LogP contribution is -2.62. The maximum absolute atomic E-state index is 12.3. The van der Waals surface area contributed by atoms with E-state index in [0.717, 1.165) is 19.3 Å². The molecule has 36 heavy (non-hydrogen) atoms. The molecule has 2 heterocycles. The summed E-state index contributed by atoms with van der Waals surface area (Å²) < 4.78 is 21.6. The summed E-state index contributed by atoms with van der Waals surface area (Å²) in [6.07, 6.45) is -3.16. The summed E-state index contributed by atoms with van der Waals surface area (Å²) in [6.45, 7) is 0.0727. The van der Waals surface area contributed by atoms with Gasteiger partial charge in [0.15, 0.2) is 6.29 Å². The molecule has 0 radical (unpaired) electrons. The number of rotatable bonds is 16. The highest BCUT2D eigenvalue weighted by Gasteiger charge is 2.59. The lowest BCUT2D eigenvalue weighted by atomic mass is 9.99. The van der Waals surface area contributed by atoms with Gasteiger partial charge in [-0.15, -0.1) is 0 Å². The first-order valence-electron chi connectivity index (χ1n) is 13.0. The van der Waals surface area contributed by atoms with Gasteiger partial charge in [0.1, 0.15) is 49.3 Å². The maximum atomic E-state index is 12.3. The molecule has 9 atom stereocenters. The lowest BCUT2D eigenvalue weighted by Gasteiger charge is -2.43. The lowest BCUT2D eigenvalue weighted by molar-refractivity contribution is -0.383. The third kappa shape index (κ3) is 8.29. The highest BCUT2D eigenvalue weighted by Crippen LogP contribution is 2.36. The number of hydrogen-bond acceptors (Lipinski definition) is 12. The van der Waals surface area contributed by atoms with Crippen LogP contribution in [0.4, 0.5) is 0 Å². The van der Waals surface area contributed by atoms with Crippen LogP contribution in [0.2, 0.25) is 0 Å². The minimum atomic E-state index is -2.24. The minimum Gasteiger partial charge on any atom is -0.460 e. The van der Waals surface area contributed by atoms with E-state index in [1.54, 1.807) is 0 Å². The van der Waals surface area contributed by atoms with E-state index in [1.807, 2.05) is 0 Å². The van der Waals surface area contributed by atoms with Crippen LogP contribution in [-0.4, -0.2) is 116 Å². The molecule has 0 spiro atoms. The van der Waals surface area contributed by atoms with E-state index in [0.29, 0.717) is 6.42 Å². The van der Waals surface area contributed by atoms with E-state index < -0.39 is 80.6 Å². The van der Waals surface area contributed by atoms with Crippen LogP contribution in [0.5, 0.6) is 0 Å². The van der Waals surface area contributed by atoms with Crippen LogP contribution in [0.1, 0.15) is 71.1 Å². The molecule has 7 N–H and O–H groups in total. The Hall–Kier alpha value is -0.930. The van der Waals surface area contributed by atoms with Crippen molar-refractivity contribution in [3.05, 3.63) is 0 Å². The molecule has 2 rings (SSSR count). The summed E-state index contributed by atoms with van der Waals surface area (Å²) in [7, 11) is 0. The van der Waals surface area contributed by atoms with E-state index in [2.05, 4.69) is 6.92 Å². The average molecular weight is 525 g/mol. The Morgan fingerprint density at radius 2 is 1.36 bits per heavy atom. The SMILES string of the molecule is CCCCCCCCCCCC(=O)OC[C@]1(O[C@@H]2O[C@@H](CO)[C@H](O)[C@@H](O)[C@@H]2O)O[C@@H](CO)[C@H](O)[C@H]1O. The quantitative estimate of drug-likeness (QED) is 0.0970. The summed E-state index contributed by atoms with van der Waals surface area (Å²) in [5, 5.41) is 70.0. The van der Waals surface area contributed by atoms with E-state index >= 15 is 0 Å². The second-order valence-corrected chi connectivity index (χ2v) is 9.64. The van der Waals surface area contributed by atoms with Crippen molar-refractivity contribution in [1.29, 1.82) is 0 Å². The van der Waals surface area contributed by atoms with E-state index in [9.17, 15) is 40.5 Å². The molecule has 0 amide bonds. The zero-order valence-corrected chi connectivity index (χ0v) is 21.0. The highest BCUT2D eigenvalue weighted by molar-refractivity contribution is 5.69. The molecule has 0 saturated carbocycles. The third-order valence-corrected chi connectivity index (χ3v) is 6.77. The first kappa shape index (κ1) is 31.3. The van der Waals surface area contributed by atoms with Crippen LogP contribution < -0.4 is 0 Å². The van der Waals surface area contributed by atoms with Gasteiger partial charge in [0.05, 0.1) is 13.2 Å². The fraction of sp³-hybridized carbons (Fsp3) is 0.958. The van der Waals surface area contributed by atoms with Gasteiger partial charge in [-0.25, -0.2) is 0 Å². The first-order valence-corrected chi connectivity index (χ1v) is 13.0. The van der Waals surface area contributed by atoms with Gasteiger partial charge in [-0.2, -0.15) is 0 Å². The van der Waals surface area contributed by atoms with Gasteiger partial charge in [-0.05, 0) is 6.42 Å². The molecule has 0 bridgehead atoms. The smallest absolute Gasteiger partial charge is 0.305 e. The number of hydrogen-bond donors (Lipinski definition) is 7. The molecular formula is C24H44O12. The van der Waals surface area contributed by atoms with E-state index in [4.69, 9.17) is 18.9 Å². The fourth-order valence-corrected chi connectivity index (χ4v) is 4.45. The maximum Gasteiger partial charge on any atom is 0.305 e. The van der Waals surface area contributed by atoms with Crippen molar-refractivity contribution in [2.45, 2.75) is 126 Å². The minimum absolute atomic E-state index is 0.119. The number of aliphatic hydroxyl groups excluding tert-OH is 7. The standard InChI is InChI=1S/C24H44O12/c1-2-3-4-5-6-7-8-9-10-11-17(27)33-14-24(22(32)19(29)16(13-26)35-24)36-23-21(31)20(30)18(28)15(12-25)34-23/h15-16,18-23,25-26,28-32H,2-14H2,1H3/t15-,16-,18-,19-,20+,21-,22+,23-,24+/m0/s1. The molecule has 2 aliphatic heterocycles. The Labute approximate surface area is 211 Å². The molecule has 0 aromatic rings. The fourth-order valence-electron chi connectivity index (χ4n) is 4.45. The molecular weight excluding hydrogens is 480 g/mol. The van der Waals surface area contributed by atoms with Crippen molar-refractivity contribution in [2.75, 3.05) is 19.8 Å². The van der Waals surface area contributed by atoms with Gasteiger partial charge >= 0.3 is 5.97 Å². The van der Waals surface area contributed by atoms with Gasteiger partial charge in [0.25, 0.3) is 0 Å². The average Bonchev–Trinajstić information content (AvgIpc) is 3.11. The largest absolute Gasteiger partial charge is 0.460 e. The van der Waals surface area contributed by atoms with Crippen LogP contribution in [0, 0.1) is 0 Å². The summed E-state index contributed by atoms with van der Waals surface area (Å²) in [5.74, 6) is -2.83. The predicted molar refractivity (Wildman–Crippen MR) is 124 cm³/mol. The van der Waals surface area contributed by atoms with Gasteiger partial charge in [0, 0.05) is 6.42 Å². The topological polar surface area (TPSA) is 196 Å². The Kier molecular flexibility index (Phi) is 13.4. The van der Waals surface area contributed by atoms with Crippen LogP contribution in [0.3, 0.4) is 0 Å². The van der Waals surface area contributed by atoms with Gasteiger partial charge in [-0.1, -0.05) is 58.3 Å². The normalized spacial score (nSPS) is 36.8. The van der Waals surface area contributed by atoms with Crippen LogP contribution in [-0.2, 0) is 23.7 Å². The Morgan fingerprint density at radius 1 is 0.778 bits per heavy atom. The zero-order chi connectivity index (χ0) is 26.7. The summed E-state index contributed by atoms with van der Waals surface area (Å²) >= 11 is 0.